The van der Waals surface area contributed by atoms with Gasteiger partial charge in [-0.05, 0) is 54.1 Å². The number of hydrogen-bond donors (Lipinski definition) is 0. The summed E-state index contributed by atoms with van der Waals surface area (Å²) in [6.07, 6.45) is 6.70. The second-order valence-electron chi connectivity index (χ2n) is 7.41. The molecule has 0 unspecified atom stereocenters. The van der Waals surface area contributed by atoms with E-state index in [0.717, 1.165) is 9.86 Å². The summed E-state index contributed by atoms with van der Waals surface area (Å²) in [6.45, 7) is 0.0302. The Hall–Kier alpha value is -3.57. The number of halogens is 3. The van der Waals surface area contributed by atoms with Crippen molar-refractivity contribution >= 4 is 67.2 Å². The molecule has 2 heterocycles. The number of para-hydroxylation sites is 1. The van der Waals surface area contributed by atoms with Gasteiger partial charge in [-0.25, -0.2) is 4.98 Å². The van der Waals surface area contributed by atoms with Gasteiger partial charge < -0.3 is 9.15 Å². The fourth-order valence-corrected chi connectivity index (χ4v) is 4.54. The van der Waals surface area contributed by atoms with Crippen LogP contribution in [-0.2, 0) is 0 Å². The molecule has 2 aromatic heterocycles. The highest BCUT2D eigenvalue weighted by Gasteiger charge is 2.17. The molecule has 0 saturated heterocycles. The molecule has 172 valence electrons. The van der Waals surface area contributed by atoms with E-state index >= 15 is 0 Å². The summed E-state index contributed by atoms with van der Waals surface area (Å²) in [4.78, 5) is 18.1. The van der Waals surface area contributed by atoms with Crippen LogP contribution in [0.3, 0.4) is 0 Å². The Kier molecular flexibility index (Phi) is 6.35. The molecular weight excluding hydrogens is 553 g/mol. The molecule has 0 aliphatic heterocycles. The molecule has 0 aliphatic rings. The third kappa shape index (κ3) is 4.56. The molecule has 0 N–H and O–H groups in total. The topological polar surface area (TPSA) is 69.6 Å². The summed E-state index contributed by atoms with van der Waals surface area (Å²) in [5.74, 6) is 3.29. The lowest BCUT2D eigenvalue weighted by atomic mass is 10.2. The molecule has 0 atom stereocenters. The van der Waals surface area contributed by atoms with Crippen LogP contribution in [0.15, 0.2) is 79.4 Å². The molecule has 35 heavy (non-hydrogen) atoms. The first-order chi connectivity index (χ1) is 16.9. The first kappa shape index (κ1) is 23.2. The van der Waals surface area contributed by atoms with Gasteiger partial charge >= 0.3 is 0 Å². The van der Waals surface area contributed by atoms with Crippen molar-refractivity contribution in [1.29, 1.82) is 0 Å². The molecule has 3 aromatic carbocycles. The second kappa shape index (κ2) is 9.59. The Morgan fingerprint density at radius 3 is 2.69 bits per heavy atom. The summed E-state index contributed by atoms with van der Waals surface area (Å²) < 4.78 is 13.5. The van der Waals surface area contributed by atoms with Crippen LogP contribution in [-0.4, -0.2) is 22.5 Å². The van der Waals surface area contributed by atoms with E-state index in [4.69, 9.17) is 38.8 Å². The van der Waals surface area contributed by atoms with Gasteiger partial charge in [0.25, 0.3) is 5.56 Å². The molecule has 0 spiro atoms. The number of terminal acetylenes is 1. The molecule has 5 aromatic rings. The molecule has 0 aliphatic carbocycles. The molecule has 5 rings (SSSR count). The minimum absolute atomic E-state index is 0.0302. The highest BCUT2D eigenvalue weighted by molar-refractivity contribution is 9.10. The zero-order valence-corrected chi connectivity index (χ0v) is 20.9. The summed E-state index contributed by atoms with van der Waals surface area (Å²) >= 11 is 16.1. The van der Waals surface area contributed by atoms with Crippen LogP contribution in [0.25, 0.3) is 33.5 Å². The van der Waals surface area contributed by atoms with Gasteiger partial charge in [0.15, 0.2) is 11.5 Å². The molecular formula is C26H14BrCl2N3O3. The summed E-state index contributed by atoms with van der Waals surface area (Å²) in [5.41, 5.74) is 1.38. The molecule has 0 bridgehead atoms. The first-order valence-electron chi connectivity index (χ1n) is 10.3. The highest BCUT2D eigenvalue weighted by atomic mass is 79.9. The van der Waals surface area contributed by atoms with Gasteiger partial charge in [-0.15, -0.1) is 6.42 Å². The Balaban J connectivity index is 1.65. The predicted octanol–water partition coefficient (Wildman–Crippen LogP) is 6.77. The van der Waals surface area contributed by atoms with Crippen molar-refractivity contribution in [2.75, 3.05) is 6.61 Å². The molecule has 0 fully saturated rings. The van der Waals surface area contributed by atoms with E-state index in [0.29, 0.717) is 27.8 Å². The molecule has 9 heteroatoms. The maximum absolute atomic E-state index is 13.4. The van der Waals surface area contributed by atoms with Gasteiger partial charge in [0.05, 0.1) is 27.2 Å². The Bertz CT molecular complexity index is 1710. The van der Waals surface area contributed by atoms with Crippen LogP contribution in [0, 0.1) is 12.3 Å². The second-order valence-corrected chi connectivity index (χ2v) is 9.14. The number of nitrogens with zero attached hydrogens (tertiary/aromatic N) is 3. The lowest BCUT2D eigenvalue weighted by molar-refractivity contribution is 0.371. The SMILES string of the molecule is C#CCOc1c(Cl)cc(C=Nn2c(-c3cc4cc(Br)ccc4o3)nc3ccccc3c2=O)cc1Cl. The van der Waals surface area contributed by atoms with Crippen molar-refractivity contribution in [1.82, 2.24) is 9.66 Å². The van der Waals surface area contributed by atoms with Crippen LogP contribution >= 0.6 is 39.1 Å². The maximum atomic E-state index is 13.4. The summed E-state index contributed by atoms with van der Waals surface area (Å²) in [6, 6.07) is 17.7. The zero-order chi connectivity index (χ0) is 24.5. The van der Waals surface area contributed by atoms with Gasteiger partial charge in [-0.2, -0.15) is 9.78 Å². The fraction of sp³-hybridized carbons (Fsp3) is 0.0385. The van der Waals surface area contributed by atoms with Crippen LogP contribution < -0.4 is 10.3 Å². The Morgan fingerprint density at radius 1 is 1.14 bits per heavy atom. The van der Waals surface area contributed by atoms with E-state index in [1.807, 2.05) is 30.3 Å². The zero-order valence-electron chi connectivity index (χ0n) is 17.8. The minimum Gasteiger partial charge on any atom is -0.478 e. The van der Waals surface area contributed by atoms with Crippen LogP contribution in [0.2, 0.25) is 10.0 Å². The van der Waals surface area contributed by atoms with E-state index < -0.39 is 0 Å². The smallest absolute Gasteiger partial charge is 0.282 e. The maximum Gasteiger partial charge on any atom is 0.282 e. The standard InChI is InChI=1S/C26H14BrCl2N3O3/c1-2-9-34-24-19(28)10-15(11-20(24)29)14-30-32-25(31-21-6-4-3-5-18(21)26(32)33)23-13-16-12-17(27)7-8-22(16)35-23/h1,3-8,10-14H,9H2. The van der Waals surface area contributed by atoms with Gasteiger partial charge in [0.1, 0.15) is 12.2 Å². The van der Waals surface area contributed by atoms with Gasteiger partial charge in [-0.1, -0.05) is 57.2 Å². The van der Waals surface area contributed by atoms with Gasteiger partial charge in [-0.3, -0.25) is 4.79 Å². The average molecular weight is 567 g/mol. The third-order valence-corrected chi connectivity index (χ3v) is 6.15. The molecule has 0 radical (unpaired) electrons. The van der Waals surface area contributed by atoms with Crippen LogP contribution in [0.1, 0.15) is 5.56 Å². The number of fused-ring (bicyclic) bond motifs is 2. The largest absolute Gasteiger partial charge is 0.478 e. The highest BCUT2D eigenvalue weighted by Crippen LogP contribution is 2.34. The molecule has 0 amide bonds. The summed E-state index contributed by atoms with van der Waals surface area (Å²) in [5, 5.41) is 6.22. The minimum atomic E-state index is -0.352. The van der Waals surface area contributed by atoms with E-state index in [1.54, 1.807) is 30.3 Å². The van der Waals surface area contributed by atoms with E-state index in [2.05, 4.69) is 31.9 Å². The van der Waals surface area contributed by atoms with E-state index in [9.17, 15) is 4.79 Å². The molecule has 6 nitrogen and oxygen atoms in total. The lowest BCUT2D eigenvalue weighted by Crippen LogP contribution is -2.20. The van der Waals surface area contributed by atoms with Crippen molar-refractivity contribution < 1.29 is 9.15 Å². The van der Waals surface area contributed by atoms with Crippen LogP contribution in [0.5, 0.6) is 5.75 Å². The Morgan fingerprint density at radius 2 is 1.91 bits per heavy atom. The van der Waals surface area contributed by atoms with Crippen molar-refractivity contribution in [3.8, 4) is 29.7 Å². The number of benzene rings is 3. The van der Waals surface area contributed by atoms with E-state index in [1.165, 1.54) is 10.9 Å². The van der Waals surface area contributed by atoms with Crippen molar-refractivity contribution in [2.45, 2.75) is 0 Å². The van der Waals surface area contributed by atoms with Gasteiger partial charge in [0, 0.05) is 9.86 Å². The number of furan rings is 1. The normalized spacial score (nSPS) is 11.4. The number of hydrogen-bond acceptors (Lipinski definition) is 5. The quantitative estimate of drug-likeness (QED) is 0.174. The third-order valence-electron chi connectivity index (χ3n) is 5.10. The van der Waals surface area contributed by atoms with Crippen molar-refractivity contribution in [3.63, 3.8) is 0 Å². The first-order valence-corrected chi connectivity index (χ1v) is 11.8. The van der Waals surface area contributed by atoms with Crippen LogP contribution in [0.4, 0.5) is 0 Å². The monoisotopic (exact) mass is 565 g/mol. The van der Waals surface area contributed by atoms with Crippen molar-refractivity contribution in [2.24, 2.45) is 5.10 Å². The number of ether oxygens (including phenoxy) is 1. The van der Waals surface area contributed by atoms with Crippen molar-refractivity contribution in [3.05, 3.63) is 91.1 Å². The predicted molar refractivity (Wildman–Crippen MR) is 143 cm³/mol. The number of aromatic nitrogens is 2. The van der Waals surface area contributed by atoms with Gasteiger partial charge in [0.2, 0.25) is 5.82 Å². The average Bonchev–Trinajstić information content (AvgIpc) is 3.26. The molecule has 0 saturated carbocycles. The number of rotatable bonds is 5. The fourth-order valence-electron chi connectivity index (χ4n) is 3.54. The van der Waals surface area contributed by atoms with E-state index in [-0.39, 0.29) is 33.8 Å². The summed E-state index contributed by atoms with van der Waals surface area (Å²) in [7, 11) is 0. The lowest BCUT2D eigenvalue weighted by Gasteiger charge is -2.09. The Labute approximate surface area is 217 Å².